The number of ketones is 1. The van der Waals surface area contributed by atoms with E-state index in [0.717, 1.165) is 25.3 Å². The Balaban J connectivity index is 1.15. The third kappa shape index (κ3) is 4.85. The van der Waals surface area contributed by atoms with E-state index >= 15 is 0 Å². The van der Waals surface area contributed by atoms with E-state index in [4.69, 9.17) is 27.9 Å². The molecule has 3 aliphatic rings. The summed E-state index contributed by atoms with van der Waals surface area (Å²) >= 11 is 12.3. The largest absolute Gasteiger partial charge is 0.454 e. The van der Waals surface area contributed by atoms with Gasteiger partial charge in [-0.2, -0.15) is 0 Å². The number of pyridine rings is 1. The molecule has 0 spiro atoms. The van der Waals surface area contributed by atoms with Gasteiger partial charge in [0.15, 0.2) is 6.61 Å². The second kappa shape index (κ2) is 11.0. The molecule has 7 rings (SSSR count). The van der Waals surface area contributed by atoms with Crippen molar-refractivity contribution in [3.63, 3.8) is 0 Å². The van der Waals surface area contributed by atoms with E-state index in [-0.39, 0.29) is 51.6 Å². The lowest BCUT2D eigenvalue weighted by atomic mass is 9.81. The van der Waals surface area contributed by atoms with Crippen LogP contribution in [0.25, 0.3) is 22.2 Å². The lowest BCUT2D eigenvalue weighted by Gasteiger charge is -2.19. The van der Waals surface area contributed by atoms with E-state index in [1.807, 2.05) is 0 Å². The minimum Gasteiger partial charge on any atom is -0.454 e. The number of nitro benzene ring substituents is 1. The standard InChI is InChI=1S/C33H23Cl2N3O7/c34-23-11-8-17(13-26(23)38(43)44)27(39)15-45-33(42)22-14-25(36-30-21(22)2-1-3-24(30)35)16-6-9-20(10-7-16)37-31(40)28-18-4-5-19(12-18)29(28)32(37)41/h1-3,6-11,13-14,18-19,28-29H,4-5,12,15H2. The molecule has 3 fully saturated rings. The van der Waals surface area contributed by atoms with Crippen LogP contribution in [0.2, 0.25) is 10.0 Å². The summed E-state index contributed by atoms with van der Waals surface area (Å²) in [6, 6.07) is 16.8. The van der Waals surface area contributed by atoms with Crippen molar-refractivity contribution in [2.75, 3.05) is 11.5 Å². The van der Waals surface area contributed by atoms with E-state index in [1.165, 1.54) is 23.1 Å². The molecule has 0 radical (unpaired) electrons. The molecule has 12 heteroatoms. The highest BCUT2D eigenvalue weighted by Gasteiger charge is 2.61. The summed E-state index contributed by atoms with van der Waals surface area (Å²) in [5.74, 6) is -1.63. The molecule has 0 N–H and O–H groups in total. The molecule has 1 aromatic heterocycles. The van der Waals surface area contributed by atoms with Gasteiger partial charge in [0.05, 0.1) is 44.2 Å². The summed E-state index contributed by atoms with van der Waals surface area (Å²) in [4.78, 5) is 69.1. The van der Waals surface area contributed by atoms with Crippen molar-refractivity contribution in [3.8, 4) is 11.3 Å². The number of amides is 2. The van der Waals surface area contributed by atoms with Crippen LogP contribution in [0.15, 0.2) is 66.7 Å². The number of nitrogens with zero attached hydrogens (tertiary/aromatic N) is 3. The average Bonchev–Trinajstić information content (AvgIpc) is 3.73. The number of Topliss-reactive ketones (excluding diaryl/α,β-unsaturated/α-hetero) is 1. The van der Waals surface area contributed by atoms with Gasteiger partial charge in [-0.3, -0.25) is 29.4 Å². The predicted octanol–water partition coefficient (Wildman–Crippen LogP) is 6.69. The third-order valence-corrected chi connectivity index (χ3v) is 9.78. The minimum atomic E-state index is -0.825. The average molecular weight is 644 g/mol. The minimum absolute atomic E-state index is 0.0337. The van der Waals surface area contributed by atoms with Crippen LogP contribution in [-0.4, -0.2) is 40.1 Å². The lowest BCUT2D eigenvalue weighted by Crippen LogP contribution is -2.32. The molecule has 2 heterocycles. The molecule has 2 saturated carbocycles. The van der Waals surface area contributed by atoms with Crippen molar-refractivity contribution in [2.24, 2.45) is 23.7 Å². The molecule has 4 atom stereocenters. The quantitative estimate of drug-likeness (QED) is 0.0714. The Hall–Kier alpha value is -4.67. The number of carbonyl (C=O) groups is 4. The topological polar surface area (TPSA) is 137 Å². The first-order chi connectivity index (χ1) is 21.6. The number of nitro groups is 1. The van der Waals surface area contributed by atoms with E-state index in [9.17, 15) is 29.3 Å². The number of anilines is 1. The molecule has 2 bridgehead atoms. The zero-order valence-electron chi connectivity index (χ0n) is 23.4. The van der Waals surface area contributed by atoms with E-state index in [0.29, 0.717) is 32.9 Å². The molecule has 3 aromatic carbocycles. The van der Waals surface area contributed by atoms with Crippen molar-refractivity contribution in [3.05, 3.63) is 98.0 Å². The molecule has 4 aromatic rings. The van der Waals surface area contributed by atoms with Gasteiger partial charge in [-0.15, -0.1) is 0 Å². The number of carbonyl (C=O) groups excluding carboxylic acids is 4. The Kier molecular flexibility index (Phi) is 7.13. The normalized spacial score (nSPS) is 21.8. The highest BCUT2D eigenvalue weighted by molar-refractivity contribution is 6.35. The van der Waals surface area contributed by atoms with Crippen LogP contribution in [0.1, 0.15) is 40.0 Å². The monoisotopic (exact) mass is 643 g/mol. The summed E-state index contributed by atoms with van der Waals surface area (Å²) < 4.78 is 5.34. The SMILES string of the molecule is O=C(COC(=O)c1cc(-c2ccc(N3C(=O)C4C5CCC(C5)C4C3=O)cc2)nc2c(Cl)cccc12)c1ccc(Cl)c([N+](=O)[O-])c1. The zero-order chi connectivity index (χ0) is 31.6. The first-order valence-corrected chi connectivity index (χ1v) is 15.1. The summed E-state index contributed by atoms with van der Waals surface area (Å²) in [6.07, 6.45) is 2.95. The molecule has 10 nitrogen and oxygen atoms in total. The predicted molar refractivity (Wildman–Crippen MR) is 165 cm³/mol. The van der Waals surface area contributed by atoms with Crippen LogP contribution in [0, 0.1) is 33.8 Å². The van der Waals surface area contributed by atoms with Gasteiger partial charge in [0, 0.05) is 22.6 Å². The number of esters is 1. The molecule has 226 valence electrons. The van der Waals surface area contributed by atoms with Crippen LogP contribution in [0.4, 0.5) is 11.4 Å². The van der Waals surface area contributed by atoms with Gasteiger partial charge in [0.2, 0.25) is 17.6 Å². The van der Waals surface area contributed by atoms with Crippen LogP contribution >= 0.6 is 23.2 Å². The number of para-hydroxylation sites is 1. The molecule has 1 saturated heterocycles. The van der Waals surface area contributed by atoms with Crippen LogP contribution < -0.4 is 4.90 Å². The van der Waals surface area contributed by atoms with Gasteiger partial charge in [-0.25, -0.2) is 9.78 Å². The lowest BCUT2D eigenvalue weighted by molar-refractivity contribution is -0.384. The number of imide groups is 1. The molecule has 45 heavy (non-hydrogen) atoms. The fraction of sp³-hybridized carbons (Fsp3) is 0.242. The number of hydrogen-bond donors (Lipinski definition) is 0. The summed E-state index contributed by atoms with van der Waals surface area (Å²) in [5.41, 5.74) is 1.43. The van der Waals surface area contributed by atoms with Gasteiger partial charge < -0.3 is 4.74 Å². The van der Waals surface area contributed by atoms with Crippen molar-refractivity contribution in [1.82, 2.24) is 4.98 Å². The summed E-state index contributed by atoms with van der Waals surface area (Å²) in [7, 11) is 0. The number of aromatic nitrogens is 1. The number of ether oxygens (including phenoxy) is 1. The Bertz CT molecular complexity index is 1930. The fourth-order valence-corrected chi connectivity index (χ4v) is 7.50. The number of fused-ring (bicyclic) bond motifs is 6. The van der Waals surface area contributed by atoms with Crippen molar-refractivity contribution >= 4 is 69.0 Å². The smallest absolute Gasteiger partial charge is 0.339 e. The zero-order valence-corrected chi connectivity index (χ0v) is 25.0. The summed E-state index contributed by atoms with van der Waals surface area (Å²) in [5, 5.41) is 11.8. The highest BCUT2D eigenvalue weighted by Crippen LogP contribution is 2.56. The number of rotatable bonds is 7. The maximum Gasteiger partial charge on any atom is 0.339 e. The van der Waals surface area contributed by atoms with Crippen molar-refractivity contribution in [1.29, 1.82) is 0 Å². The second-order valence-electron chi connectivity index (χ2n) is 11.6. The van der Waals surface area contributed by atoms with Gasteiger partial charge in [-0.05, 0) is 67.5 Å². The number of halogens is 2. The molecule has 2 aliphatic carbocycles. The number of hydrogen-bond acceptors (Lipinski definition) is 8. The van der Waals surface area contributed by atoms with Crippen LogP contribution in [0.5, 0.6) is 0 Å². The second-order valence-corrected chi connectivity index (χ2v) is 12.4. The maximum absolute atomic E-state index is 13.3. The maximum atomic E-state index is 13.3. The Labute approximate surface area is 266 Å². The van der Waals surface area contributed by atoms with Crippen LogP contribution in [0.3, 0.4) is 0 Å². The summed E-state index contributed by atoms with van der Waals surface area (Å²) in [6.45, 7) is -0.673. The molecule has 2 amide bonds. The van der Waals surface area contributed by atoms with Crippen LogP contribution in [-0.2, 0) is 14.3 Å². The van der Waals surface area contributed by atoms with Gasteiger partial charge in [0.25, 0.3) is 5.69 Å². The Morgan fingerprint density at radius 2 is 1.62 bits per heavy atom. The van der Waals surface area contributed by atoms with Crippen molar-refractivity contribution in [2.45, 2.75) is 19.3 Å². The Morgan fingerprint density at radius 3 is 2.29 bits per heavy atom. The van der Waals surface area contributed by atoms with Gasteiger partial charge in [0.1, 0.15) is 5.02 Å². The van der Waals surface area contributed by atoms with E-state index in [1.54, 1.807) is 42.5 Å². The van der Waals surface area contributed by atoms with Gasteiger partial charge in [-0.1, -0.05) is 47.5 Å². The van der Waals surface area contributed by atoms with E-state index in [2.05, 4.69) is 4.98 Å². The molecular weight excluding hydrogens is 621 g/mol. The number of benzene rings is 3. The van der Waals surface area contributed by atoms with Gasteiger partial charge >= 0.3 is 5.97 Å². The van der Waals surface area contributed by atoms with Crippen molar-refractivity contribution < 1.29 is 28.8 Å². The van der Waals surface area contributed by atoms with E-state index < -0.39 is 29.0 Å². The molecule has 1 aliphatic heterocycles. The highest BCUT2D eigenvalue weighted by atomic mass is 35.5. The first-order valence-electron chi connectivity index (χ1n) is 14.3. The Morgan fingerprint density at radius 1 is 0.933 bits per heavy atom. The molecular formula is C33H23Cl2N3O7. The third-order valence-electron chi connectivity index (χ3n) is 9.16. The molecule has 4 unspecified atom stereocenters. The fourth-order valence-electron chi connectivity index (χ4n) is 7.09. The first kappa shape index (κ1) is 29.1.